The third kappa shape index (κ3) is 3.26. The number of para-hydroxylation sites is 2. The van der Waals surface area contributed by atoms with E-state index in [0.29, 0.717) is 6.42 Å². The van der Waals surface area contributed by atoms with Gasteiger partial charge in [-0.2, -0.15) is 0 Å². The Morgan fingerprint density at radius 2 is 1.70 bits per heavy atom. The first-order chi connectivity index (χ1) is 9.61. The number of halogens is 2. The zero-order chi connectivity index (χ0) is 14.5. The summed E-state index contributed by atoms with van der Waals surface area (Å²) in [5.74, 6) is -0.399. The van der Waals surface area contributed by atoms with Crippen molar-refractivity contribution in [3.63, 3.8) is 0 Å². The van der Waals surface area contributed by atoms with Crippen molar-refractivity contribution in [2.75, 3.05) is 12.4 Å². The van der Waals surface area contributed by atoms with Gasteiger partial charge < -0.3 is 10.1 Å². The molecule has 0 heterocycles. The van der Waals surface area contributed by atoms with Gasteiger partial charge in [0.15, 0.2) is 0 Å². The van der Waals surface area contributed by atoms with Crippen molar-refractivity contribution in [3.05, 3.63) is 59.7 Å². The molecular formula is C16H17F2NO. The minimum atomic E-state index is -0.586. The first-order valence-electron chi connectivity index (χ1n) is 6.44. The van der Waals surface area contributed by atoms with E-state index in [9.17, 15) is 8.78 Å². The van der Waals surface area contributed by atoms with E-state index in [1.165, 1.54) is 18.2 Å². The maximum Gasteiger partial charge on any atom is 0.149 e. The molecule has 0 aliphatic rings. The van der Waals surface area contributed by atoms with Gasteiger partial charge in [0.05, 0.1) is 7.11 Å². The normalized spacial score (nSPS) is 12.0. The van der Waals surface area contributed by atoms with Gasteiger partial charge >= 0.3 is 0 Å². The standard InChI is InChI=1S/C16H17F2NO/c1-11(10-12-6-3-4-9-15(12)20-2)19-16-13(17)7-5-8-14(16)18/h3-9,11,19H,10H2,1-2H3. The van der Waals surface area contributed by atoms with Crippen molar-refractivity contribution >= 4 is 5.69 Å². The lowest BCUT2D eigenvalue weighted by Crippen LogP contribution is -2.20. The molecule has 1 unspecified atom stereocenters. The molecule has 1 N–H and O–H groups in total. The largest absolute Gasteiger partial charge is 0.496 e. The summed E-state index contributed by atoms with van der Waals surface area (Å²) >= 11 is 0. The third-order valence-corrected chi connectivity index (χ3v) is 3.07. The summed E-state index contributed by atoms with van der Waals surface area (Å²) < 4.78 is 32.4. The average Bonchev–Trinajstić information content (AvgIpc) is 2.44. The van der Waals surface area contributed by atoms with Gasteiger partial charge in [0.1, 0.15) is 23.1 Å². The predicted molar refractivity (Wildman–Crippen MR) is 76.1 cm³/mol. The number of benzene rings is 2. The second-order valence-electron chi connectivity index (χ2n) is 4.66. The molecule has 0 saturated carbocycles. The second-order valence-corrected chi connectivity index (χ2v) is 4.66. The number of nitrogens with one attached hydrogen (secondary N) is 1. The average molecular weight is 277 g/mol. The predicted octanol–water partition coefficient (Wildman–Crippen LogP) is 4.02. The molecule has 106 valence electrons. The molecule has 20 heavy (non-hydrogen) atoms. The summed E-state index contributed by atoms with van der Waals surface area (Å²) in [6.45, 7) is 1.87. The van der Waals surface area contributed by atoms with Gasteiger partial charge in [-0.25, -0.2) is 8.78 Å². The topological polar surface area (TPSA) is 21.3 Å². The van der Waals surface area contributed by atoms with Crippen molar-refractivity contribution in [3.8, 4) is 5.75 Å². The smallest absolute Gasteiger partial charge is 0.149 e. The molecule has 4 heteroatoms. The van der Waals surface area contributed by atoms with Crippen LogP contribution < -0.4 is 10.1 Å². The van der Waals surface area contributed by atoms with Crippen molar-refractivity contribution in [1.82, 2.24) is 0 Å². The lowest BCUT2D eigenvalue weighted by atomic mass is 10.1. The Kier molecular flexibility index (Phi) is 4.56. The first-order valence-corrected chi connectivity index (χ1v) is 6.44. The zero-order valence-electron chi connectivity index (χ0n) is 11.5. The van der Waals surface area contributed by atoms with Crippen LogP contribution in [0, 0.1) is 11.6 Å². The quantitative estimate of drug-likeness (QED) is 0.891. The molecule has 2 rings (SSSR count). The van der Waals surface area contributed by atoms with Crippen molar-refractivity contribution < 1.29 is 13.5 Å². The van der Waals surface area contributed by atoms with Crippen molar-refractivity contribution in [2.24, 2.45) is 0 Å². The molecule has 2 aromatic rings. The summed E-state index contributed by atoms with van der Waals surface area (Å²) in [6, 6.07) is 11.3. The van der Waals surface area contributed by atoms with Gasteiger partial charge in [-0.15, -0.1) is 0 Å². The van der Waals surface area contributed by atoms with E-state index in [1.54, 1.807) is 7.11 Å². The highest BCUT2D eigenvalue weighted by Gasteiger charge is 2.13. The van der Waals surface area contributed by atoms with Crippen LogP contribution in [0.2, 0.25) is 0 Å². The summed E-state index contributed by atoms with van der Waals surface area (Å²) in [5, 5.41) is 2.87. The van der Waals surface area contributed by atoms with Crippen LogP contribution in [0.4, 0.5) is 14.5 Å². The molecule has 1 atom stereocenters. The van der Waals surface area contributed by atoms with Gasteiger partial charge in [0, 0.05) is 6.04 Å². The maximum atomic E-state index is 13.6. The van der Waals surface area contributed by atoms with E-state index in [4.69, 9.17) is 4.74 Å². The highest BCUT2D eigenvalue weighted by Crippen LogP contribution is 2.22. The van der Waals surface area contributed by atoms with Gasteiger partial charge in [0.25, 0.3) is 0 Å². The lowest BCUT2D eigenvalue weighted by Gasteiger charge is -2.17. The van der Waals surface area contributed by atoms with Gasteiger partial charge in [0.2, 0.25) is 0 Å². The van der Waals surface area contributed by atoms with Crippen LogP contribution in [-0.4, -0.2) is 13.2 Å². The minimum Gasteiger partial charge on any atom is -0.496 e. The summed E-state index contributed by atoms with van der Waals surface area (Å²) in [4.78, 5) is 0. The molecule has 0 bridgehead atoms. The van der Waals surface area contributed by atoms with E-state index in [2.05, 4.69) is 5.32 Å². The molecule has 0 aliphatic carbocycles. The zero-order valence-corrected chi connectivity index (χ0v) is 11.5. The van der Waals surface area contributed by atoms with Gasteiger partial charge in [-0.05, 0) is 37.1 Å². The van der Waals surface area contributed by atoms with Crippen molar-refractivity contribution in [1.29, 1.82) is 0 Å². The molecule has 0 radical (unpaired) electrons. The fourth-order valence-corrected chi connectivity index (χ4v) is 2.13. The van der Waals surface area contributed by atoms with E-state index in [1.807, 2.05) is 31.2 Å². The third-order valence-electron chi connectivity index (χ3n) is 3.07. The lowest BCUT2D eigenvalue weighted by molar-refractivity contribution is 0.408. The van der Waals surface area contributed by atoms with Gasteiger partial charge in [-0.3, -0.25) is 0 Å². The van der Waals surface area contributed by atoms with E-state index in [0.717, 1.165) is 11.3 Å². The van der Waals surface area contributed by atoms with Crippen molar-refractivity contribution in [2.45, 2.75) is 19.4 Å². The number of rotatable bonds is 5. The molecule has 2 nitrogen and oxygen atoms in total. The number of hydrogen-bond acceptors (Lipinski definition) is 2. The number of anilines is 1. The fraction of sp³-hybridized carbons (Fsp3) is 0.250. The Morgan fingerprint density at radius 1 is 1.05 bits per heavy atom. The van der Waals surface area contributed by atoms with Crippen LogP contribution in [0.25, 0.3) is 0 Å². The second kappa shape index (κ2) is 6.37. The summed E-state index contributed by atoms with van der Waals surface area (Å²) in [7, 11) is 1.60. The Labute approximate surface area is 117 Å². The van der Waals surface area contributed by atoms with E-state index in [-0.39, 0.29) is 11.7 Å². The molecule has 0 aliphatic heterocycles. The van der Waals surface area contributed by atoms with Crippen LogP contribution in [-0.2, 0) is 6.42 Å². The van der Waals surface area contributed by atoms with Crippen LogP contribution >= 0.6 is 0 Å². The molecule has 2 aromatic carbocycles. The molecule has 0 amide bonds. The van der Waals surface area contributed by atoms with E-state index < -0.39 is 11.6 Å². The van der Waals surface area contributed by atoms with E-state index >= 15 is 0 Å². The maximum absolute atomic E-state index is 13.6. The first kappa shape index (κ1) is 14.3. The van der Waals surface area contributed by atoms with Crippen LogP contribution in [0.3, 0.4) is 0 Å². The highest BCUT2D eigenvalue weighted by atomic mass is 19.1. The van der Waals surface area contributed by atoms with Crippen LogP contribution in [0.5, 0.6) is 5.75 Å². The molecule has 0 saturated heterocycles. The monoisotopic (exact) mass is 277 g/mol. The SMILES string of the molecule is COc1ccccc1CC(C)Nc1c(F)cccc1F. The summed E-state index contributed by atoms with van der Waals surface area (Å²) in [5.41, 5.74) is 0.904. The molecular weight excluding hydrogens is 260 g/mol. The minimum absolute atomic E-state index is 0.0881. The van der Waals surface area contributed by atoms with Crippen LogP contribution in [0.1, 0.15) is 12.5 Å². The number of hydrogen-bond donors (Lipinski definition) is 1. The fourth-order valence-electron chi connectivity index (χ4n) is 2.13. The Morgan fingerprint density at radius 3 is 2.35 bits per heavy atom. The summed E-state index contributed by atoms with van der Waals surface area (Å²) in [6.07, 6.45) is 0.609. The van der Waals surface area contributed by atoms with Crippen LogP contribution in [0.15, 0.2) is 42.5 Å². The number of ether oxygens (including phenoxy) is 1. The molecule has 0 aromatic heterocycles. The molecule has 0 spiro atoms. The number of methoxy groups -OCH3 is 1. The Hall–Kier alpha value is -2.10. The highest BCUT2D eigenvalue weighted by molar-refractivity contribution is 5.47. The Bertz CT molecular complexity index is 566. The van der Waals surface area contributed by atoms with Gasteiger partial charge in [-0.1, -0.05) is 24.3 Å². The molecule has 0 fully saturated rings. The Balaban J connectivity index is 2.11.